The Morgan fingerprint density at radius 3 is 2.25 bits per heavy atom. The molecule has 0 aromatic rings. The lowest BCUT2D eigenvalue weighted by Gasteiger charge is -2.12. The molecule has 0 aromatic carbocycles. The zero-order chi connectivity index (χ0) is 9.35. The van der Waals surface area contributed by atoms with Crippen molar-refractivity contribution >= 4 is 9.84 Å². The highest BCUT2D eigenvalue weighted by molar-refractivity contribution is 7.92. The van der Waals surface area contributed by atoms with Crippen LogP contribution >= 0.6 is 0 Å². The number of hydrogen-bond acceptors (Lipinski definition) is 2. The van der Waals surface area contributed by atoms with Gasteiger partial charge in [0.05, 0.1) is 10.5 Å². The predicted octanol–water partition coefficient (Wildman–Crippen LogP) is 2.00. The lowest BCUT2D eigenvalue weighted by Crippen LogP contribution is -2.22. The summed E-state index contributed by atoms with van der Waals surface area (Å²) in [6.07, 6.45) is 2.58. The second-order valence-corrected chi connectivity index (χ2v) is 6.88. The van der Waals surface area contributed by atoms with Crippen molar-refractivity contribution in [1.29, 1.82) is 0 Å². The highest BCUT2D eigenvalue weighted by atomic mass is 32.2. The van der Waals surface area contributed by atoms with Gasteiger partial charge in [0.15, 0.2) is 9.84 Å². The summed E-state index contributed by atoms with van der Waals surface area (Å²) in [6, 6.07) is 0. The Morgan fingerprint density at radius 2 is 1.92 bits per heavy atom. The fourth-order valence-corrected chi connectivity index (χ4v) is 4.09. The van der Waals surface area contributed by atoms with Gasteiger partial charge in [-0.2, -0.15) is 0 Å². The third kappa shape index (κ3) is 1.82. The Morgan fingerprint density at radius 1 is 1.33 bits per heavy atom. The van der Waals surface area contributed by atoms with Crippen LogP contribution in [0.25, 0.3) is 0 Å². The van der Waals surface area contributed by atoms with Gasteiger partial charge < -0.3 is 0 Å². The standard InChI is InChI=1S/C9H18O2S/c1-7(2)6-9-5-4-8(3)12(9,10)11/h7-9H,4-6H2,1-3H3. The molecule has 2 unspecified atom stereocenters. The van der Waals surface area contributed by atoms with E-state index < -0.39 is 9.84 Å². The molecule has 0 bridgehead atoms. The average molecular weight is 190 g/mol. The Kier molecular flexibility index (Phi) is 2.81. The second kappa shape index (κ2) is 3.36. The summed E-state index contributed by atoms with van der Waals surface area (Å²) in [5.41, 5.74) is 0. The van der Waals surface area contributed by atoms with Crippen molar-refractivity contribution in [3.05, 3.63) is 0 Å². The maximum Gasteiger partial charge on any atom is 0.155 e. The minimum atomic E-state index is -2.76. The van der Waals surface area contributed by atoms with Gasteiger partial charge >= 0.3 is 0 Å². The molecule has 1 saturated heterocycles. The fourth-order valence-electron chi connectivity index (χ4n) is 1.86. The first-order chi connectivity index (χ1) is 5.44. The van der Waals surface area contributed by atoms with E-state index in [9.17, 15) is 8.42 Å². The normalized spacial score (nSPS) is 34.3. The van der Waals surface area contributed by atoms with Crippen molar-refractivity contribution in [2.24, 2.45) is 5.92 Å². The summed E-state index contributed by atoms with van der Waals surface area (Å²) in [5, 5.41) is -0.145. The smallest absolute Gasteiger partial charge is 0.155 e. The predicted molar refractivity (Wildman–Crippen MR) is 50.9 cm³/mol. The molecule has 0 spiro atoms. The van der Waals surface area contributed by atoms with Gasteiger partial charge in [-0.25, -0.2) is 8.42 Å². The summed E-state index contributed by atoms with van der Waals surface area (Å²) in [5.74, 6) is 0.495. The zero-order valence-corrected chi connectivity index (χ0v) is 8.89. The van der Waals surface area contributed by atoms with E-state index in [2.05, 4.69) is 13.8 Å². The van der Waals surface area contributed by atoms with Gasteiger partial charge in [0.2, 0.25) is 0 Å². The van der Waals surface area contributed by atoms with Crippen molar-refractivity contribution in [3.63, 3.8) is 0 Å². The molecule has 1 aliphatic heterocycles. The van der Waals surface area contributed by atoms with Crippen molar-refractivity contribution in [2.75, 3.05) is 0 Å². The molecule has 1 heterocycles. The van der Waals surface area contributed by atoms with Crippen LogP contribution in [-0.4, -0.2) is 18.9 Å². The molecular weight excluding hydrogens is 172 g/mol. The number of sulfone groups is 1. The van der Waals surface area contributed by atoms with Gasteiger partial charge in [0.25, 0.3) is 0 Å². The minimum absolute atomic E-state index is 0.0486. The lowest BCUT2D eigenvalue weighted by atomic mass is 10.0. The summed E-state index contributed by atoms with van der Waals surface area (Å²) in [7, 11) is -2.76. The van der Waals surface area contributed by atoms with Crippen LogP contribution in [0, 0.1) is 5.92 Å². The lowest BCUT2D eigenvalue weighted by molar-refractivity contribution is 0.529. The van der Waals surface area contributed by atoms with Crippen LogP contribution < -0.4 is 0 Å². The number of hydrogen-bond donors (Lipinski definition) is 0. The van der Waals surface area contributed by atoms with Crippen LogP contribution in [-0.2, 0) is 9.84 Å². The van der Waals surface area contributed by atoms with Crippen molar-refractivity contribution in [1.82, 2.24) is 0 Å². The van der Waals surface area contributed by atoms with E-state index in [0.29, 0.717) is 5.92 Å². The van der Waals surface area contributed by atoms with Crippen LogP contribution in [0.5, 0.6) is 0 Å². The summed E-state index contributed by atoms with van der Waals surface area (Å²) < 4.78 is 23.3. The second-order valence-electron chi connectivity index (χ2n) is 4.23. The topological polar surface area (TPSA) is 34.1 Å². The fraction of sp³-hybridized carbons (Fsp3) is 1.00. The molecule has 3 heteroatoms. The van der Waals surface area contributed by atoms with E-state index in [1.807, 2.05) is 6.92 Å². The summed E-state index contributed by atoms with van der Waals surface area (Å²) in [6.45, 7) is 5.99. The van der Waals surface area contributed by atoms with E-state index in [-0.39, 0.29) is 10.5 Å². The first kappa shape index (κ1) is 10.0. The molecule has 2 nitrogen and oxygen atoms in total. The van der Waals surface area contributed by atoms with Gasteiger partial charge in [-0.15, -0.1) is 0 Å². The van der Waals surface area contributed by atoms with Gasteiger partial charge in [0, 0.05) is 0 Å². The van der Waals surface area contributed by atoms with Crippen LogP contribution in [0.4, 0.5) is 0 Å². The Balaban J connectivity index is 2.70. The van der Waals surface area contributed by atoms with Gasteiger partial charge in [-0.3, -0.25) is 0 Å². The third-order valence-corrected chi connectivity index (χ3v) is 5.37. The monoisotopic (exact) mass is 190 g/mol. The first-order valence-corrected chi connectivity index (χ1v) is 6.28. The maximum atomic E-state index is 11.6. The highest BCUT2D eigenvalue weighted by Gasteiger charge is 2.37. The molecule has 12 heavy (non-hydrogen) atoms. The van der Waals surface area contributed by atoms with E-state index in [0.717, 1.165) is 19.3 Å². The van der Waals surface area contributed by atoms with Crippen LogP contribution in [0.3, 0.4) is 0 Å². The molecule has 0 saturated carbocycles. The third-order valence-electron chi connectivity index (χ3n) is 2.65. The molecule has 1 aliphatic rings. The molecule has 72 valence electrons. The molecular formula is C9H18O2S. The highest BCUT2D eigenvalue weighted by Crippen LogP contribution is 2.30. The van der Waals surface area contributed by atoms with Crippen molar-refractivity contribution in [2.45, 2.75) is 50.5 Å². The van der Waals surface area contributed by atoms with Gasteiger partial charge in [-0.05, 0) is 32.1 Å². The molecule has 2 atom stereocenters. The molecule has 0 radical (unpaired) electrons. The SMILES string of the molecule is CC(C)CC1CCC(C)S1(=O)=O. The first-order valence-electron chi connectivity index (χ1n) is 4.67. The Hall–Kier alpha value is -0.0500. The van der Waals surface area contributed by atoms with Crippen molar-refractivity contribution < 1.29 is 8.42 Å². The number of rotatable bonds is 2. The molecule has 1 fully saturated rings. The van der Waals surface area contributed by atoms with Crippen LogP contribution in [0.1, 0.15) is 40.0 Å². The van der Waals surface area contributed by atoms with Gasteiger partial charge in [-0.1, -0.05) is 13.8 Å². The average Bonchev–Trinajstić information content (AvgIpc) is 2.15. The summed E-state index contributed by atoms with van der Waals surface area (Å²) >= 11 is 0. The van der Waals surface area contributed by atoms with E-state index in [4.69, 9.17) is 0 Å². The quantitative estimate of drug-likeness (QED) is 0.667. The van der Waals surface area contributed by atoms with Crippen LogP contribution in [0.15, 0.2) is 0 Å². The molecule has 0 aromatic heterocycles. The molecule has 0 aliphatic carbocycles. The van der Waals surface area contributed by atoms with E-state index >= 15 is 0 Å². The Bertz CT molecular complexity index is 241. The van der Waals surface area contributed by atoms with Crippen molar-refractivity contribution in [3.8, 4) is 0 Å². The Labute approximate surface area is 75.3 Å². The maximum absolute atomic E-state index is 11.6. The van der Waals surface area contributed by atoms with E-state index in [1.54, 1.807) is 0 Å². The molecule has 0 amide bonds. The largest absolute Gasteiger partial charge is 0.228 e. The molecule has 0 N–H and O–H groups in total. The van der Waals surface area contributed by atoms with Gasteiger partial charge in [0.1, 0.15) is 0 Å². The zero-order valence-electron chi connectivity index (χ0n) is 8.08. The minimum Gasteiger partial charge on any atom is -0.228 e. The van der Waals surface area contributed by atoms with E-state index in [1.165, 1.54) is 0 Å². The summed E-state index contributed by atoms with van der Waals surface area (Å²) in [4.78, 5) is 0. The molecule has 1 rings (SSSR count). The van der Waals surface area contributed by atoms with Crippen LogP contribution in [0.2, 0.25) is 0 Å².